The van der Waals surface area contributed by atoms with Gasteiger partial charge in [-0.05, 0) is 26.1 Å². The van der Waals surface area contributed by atoms with Crippen LogP contribution in [0.2, 0.25) is 0 Å². The zero-order valence-electron chi connectivity index (χ0n) is 11.3. The highest BCUT2D eigenvalue weighted by Gasteiger charge is 2.18. The van der Waals surface area contributed by atoms with Crippen LogP contribution >= 0.6 is 34.9 Å². The third-order valence-electron chi connectivity index (χ3n) is 2.22. The molecule has 0 aliphatic heterocycles. The SMILES string of the molecule is CCNC(CCSc1nnc(SC)s1)C(=O)OCC. The first-order valence-electron chi connectivity index (χ1n) is 6.11. The van der Waals surface area contributed by atoms with E-state index in [-0.39, 0.29) is 12.0 Å². The lowest BCUT2D eigenvalue weighted by Gasteiger charge is -2.15. The third kappa shape index (κ3) is 6.11. The van der Waals surface area contributed by atoms with E-state index in [1.165, 1.54) is 0 Å². The van der Waals surface area contributed by atoms with Gasteiger partial charge in [0, 0.05) is 5.75 Å². The highest BCUT2D eigenvalue weighted by molar-refractivity contribution is 8.02. The van der Waals surface area contributed by atoms with Crippen LogP contribution in [0.15, 0.2) is 8.68 Å². The monoisotopic (exact) mass is 321 g/mol. The van der Waals surface area contributed by atoms with Gasteiger partial charge in [-0.2, -0.15) is 0 Å². The Morgan fingerprint density at radius 3 is 2.74 bits per heavy atom. The van der Waals surface area contributed by atoms with Crippen LogP contribution in [0.5, 0.6) is 0 Å². The number of carbonyl (C=O) groups is 1. The van der Waals surface area contributed by atoms with E-state index in [1.54, 1.807) is 34.9 Å². The molecule has 1 rings (SSSR count). The molecule has 1 atom stereocenters. The summed E-state index contributed by atoms with van der Waals surface area (Å²) >= 11 is 4.81. The molecule has 1 aromatic rings. The van der Waals surface area contributed by atoms with Gasteiger partial charge in [-0.15, -0.1) is 10.2 Å². The van der Waals surface area contributed by atoms with E-state index >= 15 is 0 Å². The fourth-order valence-electron chi connectivity index (χ4n) is 1.39. The second-order valence-electron chi connectivity index (χ2n) is 3.54. The summed E-state index contributed by atoms with van der Waals surface area (Å²) in [5.74, 6) is 0.645. The van der Waals surface area contributed by atoms with E-state index in [2.05, 4.69) is 15.5 Å². The summed E-state index contributed by atoms with van der Waals surface area (Å²) in [6, 6.07) is -0.231. The van der Waals surface area contributed by atoms with Gasteiger partial charge in [0.25, 0.3) is 0 Å². The molecule has 0 amide bonds. The van der Waals surface area contributed by atoms with Gasteiger partial charge in [0.05, 0.1) is 6.61 Å². The third-order valence-corrected chi connectivity index (χ3v) is 5.28. The van der Waals surface area contributed by atoms with E-state index in [1.807, 2.05) is 20.1 Å². The molecule has 0 saturated heterocycles. The van der Waals surface area contributed by atoms with Crippen molar-refractivity contribution in [3.05, 3.63) is 0 Å². The van der Waals surface area contributed by atoms with Crippen LogP contribution < -0.4 is 5.32 Å². The summed E-state index contributed by atoms with van der Waals surface area (Å²) < 4.78 is 6.96. The van der Waals surface area contributed by atoms with Crippen LogP contribution in [-0.2, 0) is 9.53 Å². The fraction of sp³-hybridized carbons (Fsp3) is 0.727. The number of ether oxygens (including phenoxy) is 1. The number of hydrogen-bond acceptors (Lipinski definition) is 8. The van der Waals surface area contributed by atoms with Gasteiger partial charge in [0.15, 0.2) is 8.68 Å². The maximum Gasteiger partial charge on any atom is 0.323 e. The van der Waals surface area contributed by atoms with Gasteiger partial charge >= 0.3 is 5.97 Å². The van der Waals surface area contributed by atoms with E-state index in [0.29, 0.717) is 6.61 Å². The summed E-state index contributed by atoms with van der Waals surface area (Å²) in [7, 11) is 0. The Balaban J connectivity index is 2.36. The molecule has 1 heterocycles. The molecule has 5 nitrogen and oxygen atoms in total. The maximum absolute atomic E-state index is 11.7. The molecule has 0 aromatic carbocycles. The number of nitrogens with zero attached hydrogens (tertiary/aromatic N) is 2. The number of likely N-dealkylation sites (N-methyl/N-ethyl adjacent to an activating group) is 1. The van der Waals surface area contributed by atoms with E-state index in [9.17, 15) is 4.79 Å². The number of esters is 1. The lowest BCUT2D eigenvalue weighted by atomic mass is 10.2. The Kier molecular flexibility index (Phi) is 8.43. The van der Waals surface area contributed by atoms with E-state index in [4.69, 9.17) is 4.74 Å². The molecule has 0 radical (unpaired) electrons. The predicted octanol–water partition coefficient (Wildman–Crippen LogP) is 2.28. The molecule has 1 N–H and O–H groups in total. The average molecular weight is 321 g/mol. The summed E-state index contributed by atoms with van der Waals surface area (Å²) in [4.78, 5) is 11.7. The second kappa shape index (κ2) is 9.57. The summed E-state index contributed by atoms with van der Waals surface area (Å²) in [5, 5.41) is 11.3. The van der Waals surface area contributed by atoms with Crippen molar-refractivity contribution in [2.24, 2.45) is 0 Å². The van der Waals surface area contributed by atoms with E-state index < -0.39 is 0 Å². The number of hydrogen-bond donors (Lipinski definition) is 1. The quantitative estimate of drug-likeness (QED) is 0.553. The van der Waals surface area contributed by atoms with Crippen molar-refractivity contribution in [3.63, 3.8) is 0 Å². The zero-order chi connectivity index (χ0) is 14.1. The topological polar surface area (TPSA) is 64.1 Å². The normalized spacial score (nSPS) is 12.4. The molecule has 19 heavy (non-hydrogen) atoms. The van der Waals surface area contributed by atoms with Crippen molar-refractivity contribution in [2.45, 2.75) is 35.0 Å². The lowest BCUT2D eigenvalue weighted by Crippen LogP contribution is -2.38. The molecule has 1 aromatic heterocycles. The summed E-state index contributed by atoms with van der Waals surface area (Å²) in [6.07, 6.45) is 2.71. The van der Waals surface area contributed by atoms with Crippen LogP contribution in [0, 0.1) is 0 Å². The van der Waals surface area contributed by atoms with Gasteiger partial charge in [-0.3, -0.25) is 4.79 Å². The number of aromatic nitrogens is 2. The highest BCUT2D eigenvalue weighted by Crippen LogP contribution is 2.27. The Hall–Kier alpha value is -0.310. The molecule has 0 fully saturated rings. The smallest absolute Gasteiger partial charge is 0.323 e. The van der Waals surface area contributed by atoms with Crippen LogP contribution in [0.4, 0.5) is 0 Å². The van der Waals surface area contributed by atoms with Gasteiger partial charge in [0.2, 0.25) is 0 Å². The van der Waals surface area contributed by atoms with Crippen molar-refractivity contribution in [1.82, 2.24) is 15.5 Å². The van der Waals surface area contributed by atoms with E-state index in [0.717, 1.165) is 27.4 Å². The molecule has 0 spiro atoms. The van der Waals surface area contributed by atoms with Crippen LogP contribution in [0.1, 0.15) is 20.3 Å². The molecular formula is C11H19N3O2S3. The number of carbonyl (C=O) groups excluding carboxylic acids is 1. The van der Waals surface area contributed by atoms with Crippen LogP contribution in [-0.4, -0.2) is 47.4 Å². The summed E-state index contributed by atoms with van der Waals surface area (Å²) in [5.41, 5.74) is 0. The molecule has 108 valence electrons. The second-order valence-corrected chi connectivity index (χ2v) is 6.91. The first kappa shape index (κ1) is 16.7. The van der Waals surface area contributed by atoms with Gasteiger partial charge in [0.1, 0.15) is 6.04 Å². The van der Waals surface area contributed by atoms with Gasteiger partial charge in [-0.25, -0.2) is 0 Å². The minimum atomic E-state index is -0.231. The molecule has 0 aliphatic carbocycles. The standard InChI is InChI=1S/C11H19N3O2S3/c1-4-12-8(9(15)16-5-2)6-7-18-11-14-13-10(17-3)19-11/h8,12H,4-7H2,1-3H3. The van der Waals surface area contributed by atoms with Crippen molar-refractivity contribution in [1.29, 1.82) is 0 Å². The maximum atomic E-state index is 11.7. The van der Waals surface area contributed by atoms with Crippen molar-refractivity contribution >= 4 is 40.8 Å². The predicted molar refractivity (Wildman–Crippen MR) is 81.1 cm³/mol. The Labute approximate surface area is 126 Å². The minimum absolute atomic E-state index is 0.174. The Morgan fingerprint density at radius 2 is 2.16 bits per heavy atom. The number of thioether (sulfide) groups is 2. The first-order chi connectivity index (χ1) is 9.21. The Bertz CT molecular complexity index is 387. The molecule has 8 heteroatoms. The van der Waals surface area contributed by atoms with Crippen LogP contribution in [0.3, 0.4) is 0 Å². The Morgan fingerprint density at radius 1 is 1.42 bits per heavy atom. The molecule has 0 aliphatic rings. The van der Waals surface area contributed by atoms with Crippen molar-refractivity contribution < 1.29 is 9.53 Å². The highest BCUT2D eigenvalue weighted by atomic mass is 32.2. The van der Waals surface area contributed by atoms with Gasteiger partial charge < -0.3 is 10.1 Å². The largest absolute Gasteiger partial charge is 0.465 e. The molecule has 1 unspecified atom stereocenters. The molecule has 0 bridgehead atoms. The van der Waals surface area contributed by atoms with Crippen molar-refractivity contribution in [2.75, 3.05) is 25.2 Å². The van der Waals surface area contributed by atoms with Gasteiger partial charge in [-0.1, -0.05) is 41.8 Å². The van der Waals surface area contributed by atoms with Crippen molar-refractivity contribution in [3.8, 4) is 0 Å². The lowest BCUT2D eigenvalue weighted by molar-refractivity contribution is -0.145. The molecule has 0 saturated carbocycles. The number of nitrogens with one attached hydrogen (secondary N) is 1. The van der Waals surface area contributed by atoms with Crippen LogP contribution in [0.25, 0.3) is 0 Å². The molecular weight excluding hydrogens is 302 g/mol. The fourth-order valence-corrected chi connectivity index (χ4v) is 3.91. The number of rotatable bonds is 9. The zero-order valence-corrected chi connectivity index (χ0v) is 13.8. The summed E-state index contributed by atoms with van der Waals surface area (Å²) in [6.45, 7) is 4.97. The average Bonchev–Trinajstić information content (AvgIpc) is 2.86. The first-order valence-corrected chi connectivity index (χ1v) is 9.14. The minimum Gasteiger partial charge on any atom is -0.465 e.